The number of aromatic nitrogens is 2. The van der Waals surface area contributed by atoms with Gasteiger partial charge in [0, 0.05) is 24.1 Å². The number of anilines is 1. The minimum Gasteiger partial charge on any atom is -0.325 e. The summed E-state index contributed by atoms with van der Waals surface area (Å²) < 4.78 is 2.19. The molecule has 25 heavy (non-hydrogen) atoms. The molecule has 5 heteroatoms. The summed E-state index contributed by atoms with van der Waals surface area (Å²) in [5.74, 6) is 1.16. The summed E-state index contributed by atoms with van der Waals surface area (Å²) in [4.78, 5) is 17.0. The Bertz CT molecular complexity index is 721. The fourth-order valence-electron chi connectivity index (χ4n) is 3.04. The highest BCUT2D eigenvalue weighted by Gasteiger charge is 2.26. The second-order valence-electron chi connectivity index (χ2n) is 7.31. The molecule has 3 rings (SSSR count). The van der Waals surface area contributed by atoms with Crippen LogP contribution in [0.5, 0.6) is 0 Å². The molecule has 1 amide bonds. The molecular weight excluding hydrogens is 330 g/mol. The maximum Gasteiger partial charge on any atom is 0.234 e. The van der Waals surface area contributed by atoms with Gasteiger partial charge in [0.15, 0.2) is 5.16 Å². The van der Waals surface area contributed by atoms with Crippen molar-refractivity contribution in [2.24, 2.45) is 0 Å². The van der Waals surface area contributed by atoms with Crippen LogP contribution in [0.4, 0.5) is 5.69 Å². The SMILES string of the molecule is CC(C)c1cccc(C(C)C)c1NC(=O)CSc1nccn1C1CC1. The van der Waals surface area contributed by atoms with E-state index in [1.54, 1.807) is 0 Å². The number of amides is 1. The van der Waals surface area contributed by atoms with E-state index in [1.165, 1.54) is 35.7 Å². The van der Waals surface area contributed by atoms with E-state index in [2.05, 4.69) is 60.8 Å². The van der Waals surface area contributed by atoms with Crippen LogP contribution < -0.4 is 5.32 Å². The first kappa shape index (κ1) is 18.1. The van der Waals surface area contributed by atoms with Gasteiger partial charge in [0.25, 0.3) is 0 Å². The molecule has 0 radical (unpaired) electrons. The summed E-state index contributed by atoms with van der Waals surface area (Å²) in [6, 6.07) is 6.89. The number of thioether (sulfide) groups is 1. The van der Waals surface area contributed by atoms with E-state index in [0.29, 0.717) is 23.6 Å². The van der Waals surface area contributed by atoms with E-state index in [1.807, 2.05) is 12.4 Å². The molecule has 2 aromatic rings. The predicted octanol–water partition coefficient (Wildman–Crippen LogP) is 5.20. The van der Waals surface area contributed by atoms with Crippen molar-refractivity contribution >= 4 is 23.4 Å². The van der Waals surface area contributed by atoms with Crippen LogP contribution in [0, 0.1) is 0 Å². The highest BCUT2D eigenvalue weighted by Crippen LogP contribution is 2.38. The Labute approximate surface area is 154 Å². The number of para-hydroxylation sites is 1. The first-order chi connectivity index (χ1) is 12.0. The molecule has 1 aliphatic rings. The molecule has 0 atom stereocenters. The van der Waals surface area contributed by atoms with E-state index < -0.39 is 0 Å². The Kier molecular flexibility index (Phi) is 5.52. The summed E-state index contributed by atoms with van der Waals surface area (Å²) in [6.45, 7) is 8.65. The van der Waals surface area contributed by atoms with Gasteiger partial charge in [0.1, 0.15) is 0 Å². The van der Waals surface area contributed by atoms with Gasteiger partial charge in [0.05, 0.1) is 5.75 Å². The van der Waals surface area contributed by atoms with Crippen LogP contribution in [0.15, 0.2) is 35.7 Å². The summed E-state index contributed by atoms with van der Waals surface area (Å²) >= 11 is 1.52. The lowest BCUT2D eigenvalue weighted by molar-refractivity contribution is -0.113. The first-order valence-corrected chi connectivity index (χ1v) is 10.0. The number of carbonyl (C=O) groups is 1. The standard InChI is InChI=1S/C20H27N3OS/c1-13(2)16-6-5-7-17(14(3)4)19(16)22-18(24)12-25-20-21-10-11-23(20)15-8-9-15/h5-7,10-11,13-15H,8-9,12H2,1-4H3,(H,22,24). The Morgan fingerprint density at radius 2 is 1.88 bits per heavy atom. The van der Waals surface area contributed by atoms with E-state index in [4.69, 9.17) is 0 Å². The van der Waals surface area contributed by atoms with Gasteiger partial charge in [-0.3, -0.25) is 4.79 Å². The zero-order valence-electron chi connectivity index (χ0n) is 15.5. The lowest BCUT2D eigenvalue weighted by atomic mass is 9.92. The molecule has 1 aromatic carbocycles. The van der Waals surface area contributed by atoms with Crippen molar-refractivity contribution in [3.05, 3.63) is 41.7 Å². The Morgan fingerprint density at radius 3 is 2.44 bits per heavy atom. The molecule has 1 aliphatic carbocycles. The van der Waals surface area contributed by atoms with Crippen molar-refractivity contribution < 1.29 is 4.79 Å². The van der Waals surface area contributed by atoms with Crippen LogP contribution >= 0.6 is 11.8 Å². The molecule has 1 N–H and O–H groups in total. The van der Waals surface area contributed by atoms with Crippen molar-refractivity contribution in [2.75, 3.05) is 11.1 Å². The average Bonchev–Trinajstić information content (AvgIpc) is 3.30. The predicted molar refractivity (Wildman–Crippen MR) is 104 cm³/mol. The minimum absolute atomic E-state index is 0.0327. The zero-order chi connectivity index (χ0) is 18.0. The fourth-order valence-corrected chi connectivity index (χ4v) is 3.87. The molecule has 1 fully saturated rings. The molecule has 0 spiro atoms. The van der Waals surface area contributed by atoms with E-state index in [9.17, 15) is 4.79 Å². The normalized spacial score (nSPS) is 14.3. The van der Waals surface area contributed by atoms with E-state index in [0.717, 1.165) is 10.8 Å². The van der Waals surface area contributed by atoms with Crippen molar-refractivity contribution in [3.63, 3.8) is 0 Å². The molecule has 4 nitrogen and oxygen atoms in total. The number of hydrogen-bond acceptors (Lipinski definition) is 3. The number of hydrogen-bond donors (Lipinski definition) is 1. The molecule has 1 saturated carbocycles. The van der Waals surface area contributed by atoms with Crippen LogP contribution in [0.1, 0.15) is 69.5 Å². The number of imidazole rings is 1. The summed E-state index contributed by atoms with van der Waals surface area (Å²) in [6.07, 6.45) is 6.28. The van der Waals surface area contributed by atoms with Crippen LogP contribution in [-0.2, 0) is 4.79 Å². The van der Waals surface area contributed by atoms with E-state index >= 15 is 0 Å². The van der Waals surface area contributed by atoms with Crippen LogP contribution in [0.3, 0.4) is 0 Å². The van der Waals surface area contributed by atoms with Gasteiger partial charge in [-0.15, -0.1) is 0 Å². The Balaban J connectivity index is 1.71. The smallest absolute Gasteiger partial charge is 0.234 e. The second-order valence-corrected chi connectivity index (χ2v) is 8.25. The van der Waals surface area contributed by atoms with Crippen molar-refractivity contribution in [1.82, 2.24) is 9.55 Å². The third-order valence-electron chi connectivity index (χ3n) is 4.54. The quantitative estimate of drug-likeness (QED) is 0.693. The van der Waals surface area contributed by atoms with Crippen molar-refractivity contribution in [2.45, 2.75) is 63.6 Å². The maximum atomic E-state index is 12.6. The topological polar surface area (TPSA) is 46.9 Å². The summed E-state index contributed by atoms with van der Waals surface area (Å²) in [5, 5.41) is 4.12. The monoisotopic (exact) mass is 357 g/mol. The zero-order valence-corrected chi connectivity index (χ0v) is 16.3. The maximum absolute atomic E-state index is 12.6. The van der Waals surface area contributed by atoms with E-state index in [-0.39, 0.29) is 5.91 Å². The highest BCUT2D eigenvalue weighted by atomic mass is 32.2. The largest absolute Gasteiger partial charge is 0.325 e. The molecule has 0 aliphatic heterocycles. The molecule has 134 valence electrons. The van der Waals surface area contributed by atoms with Gasteiger partial charge in [0.2, 0.25) is 5.91 Å². The lowest BCUT2D eigenvalue weighted by Crippen LogP contribution is -2.18. The van der Waals surface area contributed by atoms with Gasteiger partial charge in [-0.1, -0.05) is 57.7 Å². The van der Waals surface area contributed by atoms with Crippen molar-refractivity contribution in [1.29, 1.82) is 0 Å². The first-order valence-electron chi connectivity index (χ1n) is 9.05. The highest BCUT2D eigenvalue weighted by molar-refractivity contribution is 7.99. The summed E-state index contributed by atoms with van der Waals surface area (Å²) in [7, 11) is 0. The second kappa shape index (κ2) is 7.65. The lowest BCUT2D eigenvalue weighted by Gasteiger charge is -2.20. The Morgan fingerprint density at radius 1 is 1.24 bits per heavy atom. The van der Waals surface area contributed by atoms with Gasteiger partial charge < -0.3 is 9.88 Å². The molecule has 1 aromatic heterocycles. The number of nitrogens with one attached hydrogen (secondary N) is 1. The van der Waals surface area contributed by atoms with Gasteiger partial charge in [-0.25, -0.2) is 4.98 Å². The van der Waals surface area contributed by atoms with Crippen molar-refractivity contribution in [3.8, 4) is 0 Å². The molecule has 0 bridgehead atoms. The van der Waals surface area contributed by atoms with Gasteiger partial charge >= 0.3 is 0 Å². The number of benzene rings is 1. The third-order valence-corrected chi connectivity index (χ3v) is 5.52. The van der Waals surface area contributed by atoms with Crippen LogP contribution in [-0.4, -0.2) is 21.2 Å². The molecule has 1 heterocycles. The molecule has 0 unspecified atom stereocenters. The van der Waals surface area contributed by atoms with Gasteiger partial charge in [-0.2, -0.15) is 0 Å². The van der Waals surface area contributed by atoms with Crippen LogP contribution in [0.25, 0.3) is 0 Å². The number of carbonyl (C=O) groups excluding carboxylic acids is 1. The average molecular weight is 358 g/mol. The van der Waals surface area contributed by atoms with Crippen LogP contribution in [0.2, 0.25) is 0 Å². The number of nitrogens with zero attached hydrogens (tertiary/aromatic N) is 2. The fraction of sp³-hybridized carbons (Fsp3) is 0.500. The minimum atomic E-state index is 0.0327. The Hall–Kier alpha value is -1.75. The molecule has 0 saturated heterocycles. The number of rotatable bonds is 7. The third kappa shape index (κ3) is 4.27. The molecular formula is C20H27N3OS. The summed E-state index contributed by atoms with van der Waals surface area (Å²) in [5.41, 5.74) is 3.39. The van der Waals surface area contributed by atoms with Gasteiger partial charge in [-0.05, 0) is 35.8 Å².